The number of nitrogens with zero attached hydrogens (tertiary/aromatic N) is 2. The van der Waals surface area contributed by atoms with Gasteiger partial charge in [-0.15, -0.1) is 0 Å². The van der Waals surface area contributed by atoms with Gasteiger partial charge in [0.05, 0.1) is 6.54 Å². The SMILES string of the molecule is CCC(C)C1NC(=O)CNC(=O)C2CCCN2C(=O)C(Cc2ccccc2)NC(=O)C(Cc2ccc(O)cc2)NC(=O)C2CCCN2C1=O. The molecule has 0 spiro atoms. The van der Waals surface area contributed by atoms with E-state index >= 15 is 0 Å². The normalized spacial score (nSPS) is 26.4. The first-order valence-electron chi connectivity index (χ1n) is 17.2. The van der Waals surface area contributed by atoms with Crippen LogP contribution >= 0.6 is 0 Å². The van der Waals surface area contributed by atoms with Crippen LogP contribution in [-0.4, -0.2) is 100 Å². The number of aromatic hydroxyl groups is 1. The molecule has 3 heterocycles. The van der Waals surface area contributed by atoms with E-state index in [0.717, 1.165) is 5.56 Å². The number of fused-ring (bicyclic) bond motifs is 2. The van der Waals surface area contributed by atoms with Crippen molar-refractivity contribution in [3.05, 3.63) is 65.7 Å². The Bertz CT molecular complexity index is 1530. The van der Waals surface area contributed by atoms with E-state index in [-0.39, 0.29) is 31.1 Å². The van der Waals surface area contributed by atoms with Gasteiger partial charge >= 0.3 is 0 Å². The summed E-state index contributed by atoms with van der Waals surface area (Å²) in [6.45, 7) is 3.94. The lowest BCUT2D eigenvalue weighted by Crippen LogP contribution is -2.61. The number of hydrogen-bond acceptors (Lipinski definition) is 7. The predicted octanol–water partition coefficient (Wildman–Crippen LogP) is 0.790. The van der Waals surface area contributed by atoms with Crippen LogP contribution in [0.1, 0.15) is 57.1 Å². The van der Waals surface area contributed by atoms with Gasteiger partial charge in [-0.25, -0.2) is 0 Å². The third-order valence-electron chi connectivity index (χ3n) is 9.80. The van der Waals surface area contributed by atoms with E-state index in [4.69, 9.17) is 0 Å². The maximum Gasteiger partial charge on any atom is 0.246 e. The molecule has 3 saturated heterocycles. The highest BCUT2D eigenvalue weighted by Gasteiger charge is 2.42. The highest BCUT2D eigenvalue weighted by atomic mass is 16.3. The van der Waals surface area contributed by atoms with Crippen molar-refractivity contribution in [3.63, 3.8) is 0 Å². The summed E-state index contributed by atoms with van der Waals surface area (Å²) in [6, 6.07) is 10.6. The minimum atomic E-state index is -1.14. The predicted molar refractivity (Wildman–Crippen MR) is 180 cm³/mol. The van der Waals surface area contributed by atoms with Crippen LogP contribution in [0.3, 0.4) is 0 Å². The number of benzene rings is 2. The fourth-order valence-corrected chi connectivity index (χ4v) is 6.84. The summed E-state index contributed by atoms with van der Waals surface area (Å²) in [4.78, 5) is 85.6. The molecule has 49 heavy (non-hydrogen) atoms. The Hall–Kier alpha value is -4.94. The molecule has 2 aromatic rings. The lowest BCUT2D eigenvalue weighted by molar-refractivity contribution is -0.144. The molecule has 6 amide bonds. The maximum atomic E-state index is 14.2. The highest BCUT2D eigenvalue weighted by molar-refractivity contribution is 5.98. The van der Waals surface area contributed by atoms with E-state index in [9.17, 15) is 33.9 Å². The van der Waals surface area contributed by atoms with Crippen molar-refractivity contribution in [2.45, 2.75) is 89.0 Å². The van der Waals surface area contributed by atoms with Crippen LogP contribution < -0.4 is 21.3 Å². The first-order valence-corrected chi connectivity index (χ1v) is 17.2. The molecular weight excluding hydrogens is 628 g/mol. The van der Waals surface area contributed by atoms with E-state index in [2.05, 4.69) is 21.3 Å². The Morgan fingerprint density at radius 2 is 1.29 bits per heavy atom. The van der Waals surface area contributed by atoms with Crippen molar-refractivity contribution >= 4 is 35.4 Å². The summed E-state index contributed by atoms with van der Waals surface area (Å²) in [6.07, 6.45) is 2.63. The summed E-state index contributed by atoms with van der Waals surface area (Å²) in [7, 11) is 0. The lowest BCUT2D eigenvalue weighted by Gasteiger charge is -2.33. The van der Waals surface area contributed by atoms with Gasteiger partial charge in [0.15, 0.2) is 0 Å². The third kappa shape index (κ3) is 8.57. The average Bonchev–Trinajstić information content (AvgIpc) is 3.80. The molecule has 0 bridgehead atoms. The topological polar surface area (TPSA) is 177 Å². The fourth-order valence-electron chi connectivity index (χ4n) is 6.84. The molecule has 5 N–H and O–H groups in total. The summed E-state index contributed by atoms with van der Waals surface area (Å²) < 4.78 is 0. The van der Waals surface area contributed by atoms with E-state index in [0.29, 0.717) is 50.8 Å². The van der Waals surface area contributed by atoms with Crippen LogP contribution in [0.2, 0.25) is 0 Å². The van der Waals surface area contributed by atoms with E-state index in [1.54, 1.807) is 12.1 Å². The van der Waals surface area contributed by atoms with Crippen LogP contribution in [-0.2, 0) is 41.6 Å². The minimum Gasteiger partial charge on any atom is -0.508 e. The van der Waals surface area contributed by atoms with Gasteiger partial charge < -0.3 is 36.2 Å². The van der Waals surface area contributed by atoms with E-state index in [1.165, 1.54) is 21.9 Å². The van der Waals surface area contributed by atoms with Gasteiger partial charge in [0.25, 0.3) is 0 Å². The summed E-state index contributed by atoms with van der Waals surface area (Å²) in [5, 5.41) is 21.0. The molecule has 2 aromatic carbocycles. The molecule has 5 rings (SSSR count). The Labute approximate surface area is 286 Å². The summed E-state index contributed by atoms with van der Waals surface area (Å²) in [5.41, 5.74) is 1.44. The standard InChI is InChI=1S/C36H46N6O7/c1-3-22(2)31-36(49)42-18-8-12-29(42)34(47)38-26(19-24-13-15-25(43)16-14-24)32(45)39-27(20-23-9-5-4-6-10-23)35(48)41-17-7-11-28(41)33(46)37-21-30(44)40-31/h4-6,9-10,13-16,22,26-29,31,43H,3,7-8,11-12,17-21H2,1-2H3,(H,37,46)(H,38,47)(H,39,45)(H,40,44). The number of hydrogen-bond donors (Lipinski definition) is 5. The van der Waals surface area contributed by atoms with Gasteiger partial charge in [0, 0.05) is 25.9 Å². The molecule has 0 aromatic heterocycles. The zero-order valence-corrected chi connectivity index (χ0v) is 28.0. The summed E-state index contributed by atoms with van der Waals surface area (Å²) >= 11 is 0. The molecule has 0 radical (unpaired) electrons. The number of phenols is 1. The Morgan fingerprint density at radius 1 is 0.714 bits per heavy atom. The first kappa shape index (κ1) is 35.4. The molecule has 262 valence electrons. The van der Waals surface area contributed by atoms with Crippen molar-refractivity contribution in [2.75, 3.05) is 19.6 Å². The number of carbonyl (C=O) groups is 6. The quantitative estimate of drug-likeness (QED) is 0.301. The Kier molecular flexibility index (Phi) is 11.5. The van der Waals surface area contributed by atoms with Crippen LogP contribution in [0.5, 0.6) is 5.75 Å². The first-order chi connectivity index (χ1) is 23.5. The second-order valence-electron chi connectivity index (χ2n) is 13.2. The monoisotopic (exact) mass is 674 g/mol. The van der Waals surface area contributed by atoms with Crippen molar-refractivity contribution in [1.82, 2.24) is 31.1 Å². The Morgan fingerprint density at radius 3 is 1.94 bits per heavy atom. The highest BCUT2D eigenvalue weighted by Crippen LogP contribution is 2.23. The zero-order valence-electron chi connectivity index (χ0n) is 28.0. The van der Waals surface area contributed by atoms with Gasteiger partial charge in [0.2, 0.25) is 35.4 Å². The molecular formula is C36H46N6O7. The van der Waals surface area contributed by atoms with Gasteiger partial charge in [-0.3, -0.25) is 28.8 Å². The van der Waals surface area contributed by atoms with Crippen molar-refractivity contribution in [3.8, 4) is 5.75 Å². The molecule has 3 aliphatic heterocycles. The minimum absolute atomic E-state index is 0.0442. The van der Waals surface area contributed by atoms with Crippen LogP contribution in [0.15, 0.2) is 54.6 Å². The summed E-state index contributed by atoms with van der Waals surface area (Å²) in [5.74, 6) is -3.22. The Balaban J connectivity index is 1.51. The molecule has 6 unspecified atom stereocenters. The van der Waals surface area contributed by atoms with Gasteiger partial charge in [-0.1, -0.05) is 62.7 Å². The smallest absolute Gasteiger partial charge is 0.246 e. The van der Waals surface area contributed by atoms with Gasteiger partial charge in [0.1, 0.15) is 36.0 Å². The second-order valence-corrected chi connectivity index (χ2v) is 13.2. The van der Waals surface area contributed by atoms with Crippen molar-refractivity contribution in [2.24, 2.45) is 5.92 Å². The van der Waals surface area contributed by atoms with Crippen LogP contribution in [0.4, 0.5) is 0 Å². The fraction of sp³-hybridized carbons (Fsp3) is 0.500. The lowest BCUT2D eigenvalue weighted by atomic mass is 9.97. The van der Waals surface area contributed by atoms with Crippen molar-refractivity contribution < 1.29 is 33.9 Å². The van der Waals surface area contributed by atoms with E-state index < -0.39 is 65.7 Å². The van der Waals surface area contributed by atoms with Crippen LogP contribution in [0.25, 0.3) is 0 Å². The van der Waals surface area contributed by atoms with Crippen LogP contribution in [0, 0.1) is 5.92 Å². The molecule has 13 heteroatoms. The molecule has 3 aliphatic rings. The number of carbonyl (C=O) groups excluding carboxylic acids is 6. The second kappa shape index (κ2) is 16.0. The molecule has 13 nitrogen and oxygen atoms in total. The zero-order chi connectivity index (χ0) is 35.1. The number of phenolic OH excluding ortho intramolecular Hbond substituents is 1. The third-order valence-corrected chi connectivity index (χ3v) is 9.80. The molecule has 0 aliphatic carbocycles. The van der Waals surface area contributed by atoms with Gasteiger partial charge in [-0.05, 0) is 54.9 Å². The van der Waals surface area contributed by atoms with Crippen molar-refractivity contribution in [1.29, 1.82) is 0 Å². The largest absolute Gasteiger partial charge is 0.508 e. The average molecular weight is 675 g/mol. The number of amides is 6. The van der Waals surface area contributed by atoms with E-state index in [1.807, 2.05) is 44.2 Å². The molecule has 3 fully saturated rings. The maximum absolute atomic E-state index is 14.2. The van der Waals surface area contributed by atoms with Gasteiger partial charge in [-0.2, -0.15) is 0 Å². The molecule has 6 atom stereocenters. The molecule has 0 saturated carbocycles. The number of nitrogens with one attached hydrogen (secondary N) is 4. The number of rotatable bonds is 6.